The van der Waals surface area contributed by atoms with E-state index in [0.717, 1.165) is 37.5 Å². The quantitative estimate of drug-likeness (QED) is 0.393. The summed E-state index contributed by atoms with van der Waals surface area (Å²) in [7, 11) is -3.58. The molecule has 1 aliphatic carbocycles. The fourth-order valence-electron chi connectivity index (χ4n) is 4.62. The fourth-order valence-corrected chi connectivity index (χ4v) is 5.97. The first kappa shape index (κ1) is 29.3. The lowest BCUT2D eigenvalue weighted by Gasteiger charge is -2.31. The molecule has 0 saturated heterocycles. The molecule has 7 nitrogen and oxygen atoms in total. The summed E-state index contributed by atoms with van der Waals surface area (Å²) in [6.45, 7) is 2.07. The standard InChI is InChI=1S/C27H35Cl2N3O4S/c1-20(27(34)30-24-12-4-3-5-13-24)31(19-21-9-6-10-22(28)17-21)26(33)15-8-16-32(37(2,35)36)25-14-7-11-23(29)18-25/h6-7,9-11,14,17-18,20,24H,3-5,8,12-13,15-16,19H2,1-2H3,(H,30,34)/t20-/m0/s1. The Morgan fingerprint density at radius 3 is 2.30 bits per heavy atom. The van der Waals surface area contributed by atoms with Crippen molar-refractivity contribution in [3.63, 3.8) is 0 Å². The molecule has 0 unspecified atom stereocenters. The second-order valence-electron chi connectivity index (χ2n) is 9.59. The predicted molar refractivity (Wildman–Crippen MR) is 149 cm³/mol. The molecule has 0 bridgehead atoms. The number of anilines is 1. The van der Waals surface area contributed by atoms with E-state index in [2.05, 4.69) is 5.32 Å². The molecule has 3 rings (SSSR count). The molecule has 0 aromatic heterocycles. The van der Waals surface area contributed by atoms with Crippen molar-refractivity contribution in [1.29, 1.82) is 0 Å². The van der Waals surface area contributed by atoms with E-state index in [9.17, 15) is 18.0 Å². The first-order chi connectivity index (χ1) is 17.5. The molecular weight excluding hydrogens is 533 g/mol. The highest BCUT2D eigenvalue weighted by Crippen LogP contribution is 2.23. The number of nitrogens with one attached hydrogen (secondary N) is 1. The van der Waals surface area contributed by atoms with Gasteiger partial charge >= 0.3 is 0 Å². The van der Waals surface area contributed by atoms with Crippen LogP contribution < -0.4 is 9.62 Å². The van der Waals surface area contributed by atoms with Gasteiger partial charge in [0.05, 0.1) is 11.9 Å². The smallest absolute Gasteiger partial charge is 0.242 e. The minimum absolute atomic E-state index is 0.0776. The van der Waals surface area contributed by atoms with Gasteiger partial charge in [-0.15, -0.1) is 0 Å². The molecule has 0 heterocycles. The zero-order valence-corrected chi connectivity index (χ0v) is 23.7. The highest BCUT2D eigenvalue weighted by molar-refractivity contribution is 7.92. The van der Waals surface area contributed by atoms with Crippen molar-refractivity contribution in [3.8, 4) is 0 Å². The van der Waals surface area contributed by atoms with E-state index < -0.39 is 16.1 Å². The van der Waals surface area contributed by atoms with Crippen molar-refractivity contribution < 1.29 is 18.0 Å². The van der Waals surface area contributed by atoms with Crippen molar-refractivity contribution in [2.24, 2.45) is 0 Å². The number of hydrogen-bond acceptors (Lipinski definition) is 4. The van der Waals surface area contributed by atoms with Crippen LogP contribution >= 0.6 is 23.2 Å². The minimum Gasteiger partial charge on any atom is -0.352 e. The van der Waals surface area contributed by atoms with Crippen LogP contribution in [0.15, 0.2) is 48.5 Å². The lowest BCUT2D eigenvalue weighted by Crippen LogP contribution is -2.50. The summed E-state index contributed by atoms with van der Waals surface area (Å²) >= 11 is 12.2. The van der Waals surface area contributed by atoms with Crippen molar-refractivity contribution in [1.82, 2.24) is 10.2 Å². The summed E-state index contributed by atoms with van der Waals surface area (Å²) in [6.07, 6.45) is 6.74. The van der Waals surface area contributed by atoms with Crippen molar-refractivity contribution in [2.45, 2.75) is 70.5 Å². The molecule has 10 heteroatoms. The minimum atomic E-state index is -3.58. The van der Waals surface area contributed by atoms with Gasteiger partial charge < -0.3 is 10.2 Å². The van der Waals surface area contributed by atoms with Gasteiger partial charge in [-0.1, -0.05) is 60.7 Å². The monoisotopic (exact) mass is 567 g/mol. The Morgan fingerprint density at radius 1 is 1.03 bits per heavy atom. The Morgan fingerprint density at radius 2 is 1.68 bits per heavy atom. The van der Waals surface area contributed by atoms with E-state index >= 15 is 0 Å². The van der Waals surface area contributed by atoms with Gasteiger partial charge in [0, 0.05) is 35.6 Å². The van der Waals surface area contributed by atoms with E-state index in [1.54, 1.807) is 48.2 Å². The largest absolute Gasteiger partial charge is 0.352 e. The highest BCUT2D eigenvalue weighted by Gasteiger charge is 2.28. The van der Waals surface area contributed by atoms with Crippen LogP contribution in [0.25, 0.3) is 0 Å². The third-order valence-corrected chi connectivity index (χ3v) is 8.27. The van der Waals surface area contributed by atoms with Crippen LogP contribution in [0.3, 0.4) is 0 Å². The molecule has 1 N–H and O–H groups in total. The summed E-state index contributed by atoms with van der Waals surface area (Å²) in [6, 6.07) is 13.2. The van der Waals surface area contributed by atoms with Crippen LogP contribution in [0, 0.1) is 0 Å². The maximum atomic E-state index is 13.4. The Balaban J connectivity index is 1.71. The molecule has 1 aliphatic rings. The van der Waals surface area contributed by atoms with Crippen molar-refractivity contribution in [3.05, 3.63) is 64.1 Å². The van der Waals surface area contributed by atoms with E-state index in [4.69, 9.17) is 23.2 Å². The maximum absolute atomic E-state index is 13.4. The molecule has 0 radical (unpaired) electrons. The highest BCUT2D eigenvalue weighted by atomic mass is 35.5. The number of rotatable bonds is 11. The van der Waals surface area contributed by atoms with Gasteiger partial charge in [0.25, 0.3) is 0 Å². The van der Waals surface area contributed by atoms with Gasteiger partial charge in [0.2, 0.25) is 21.8 Å². The van der Waals surface area contributed by atoms with Crippen LogP contribution in [-0.4, -0.2) is 50.0 Å². The van der Waals surface area contributed by atoms with Gasteiger partial charge in [0.15, 0.2) is 0 Å². The van der Waals surface area contributed by atoms with Gasteiger partial charge in [0.1, 0.15) is 6.04 Å². The number of amides is 2. The van der Waals surface area contributed by atoms with Crippen LogP contribution in [0.4, 0.5) is 5.69 Å². The predicted octanol–water partition coefficient (Wildman–Crippen LogP) is 5.41. The van der Waals surface area contributed by atoms with Gasteiger partial charge in [-0.25, -0.2) is 8.42 Å². The van der Waals surface area contributed by atoms with Crippen molar-refractivity contribution >= 4 is 50.7 Å². The SMILES string of the molecule is C[C@@H](C(=O)NC1CCCCC1)N(Cc1cccc(Cl)c1)C(=O)CCCN(c1cccc(Cl)c1)S(C)(=O)=O. The maximum Gasteiger partial charge on any atom is 0.242 e. The Hall–Kier alpha value is -2.29. The summed E-state index contributed by atoms with van der Waals surface area (Å²) < 4.78 is 26.1. The van der Waals surface area contributed by atoms with E-state index in [-0.39, 0.29) is 43.8 Å². The Labute approximate surface area is 230 Å². The first-order valence-electron chi connectivity index (χ1n) is 12.6. The van der Waals surface area contributed by atoms with Gasteiger partial charge in [-0.3, -0.25) is 13.9 Å². The van der Waals surface area contributed by atoms with Crippen LogP contribution in [-0.2, 0) is 26.2 Å². The summed E-state index contributed by atoms with van der Waals surface area (Å²) in [5, 5.41) is 4.09. The number of nitrogens with zero attached hydrogens (tertiary/aromatic N) is 2. The summed E-state index contributed by atoms with van der Waals surface area (Å²) in [4.78, 5) is 28.1. The number of carbonyl (C=O) groups is 2. The number of hydrogen-bond donors (Lipinski definition) is 1. The molecule has 2 aromatic carbocycles. The number of benzene rings is 2. The third-order valence-electron chi connectivity index (χ3n) is 6.61. The van der Waals surface area contributed by atoms with Crippen LogP contribution in [0.2, 0.25) is 10.0 Å². The van der Waals surface area contributed by atoms with Gasteiger partial charge in [-0.2, -0.15) is 0 Å². The van der Waals surface area contributed by atoms with Crippen molar-refractivity contribution in [2.75, 3.05) is 17.1 Å². The normalized spacial score (nSPS) is 15.1. The summed E-state index contributed by atoms with van der Waals surface area (Å²) in [5.41, 5.74) is 1.26. The molecule has 0 aliphatic heterocycles. The molecule has 1 atom stereocenters. The molecule has 1 fully saturated rings. The molecule has 2 amide bonds. The first-order valence-corrected chi connectivity index (χ1v) is 15.2. The average Bonchev–Trinajstić information content (AvgIpc) is 2.84. The molecule has 37 heavy (non-hydrogen) atoms. The van der Waals surface area contributed by atoms with Crippen LogP contribution in [0.5, 0.6) is 0 Å². The van der Waals surface area contributed by atoms with E-state index in [1.165, 1.54) is 10.7 Å². The number of sulfonamides is 1. The number of carbonyl (C=O) groups excluding carboxylic acids is 2. The van der Waals surface area contributed by atoms with Gasteiger partial charge in [-0.05, 0) is 62.1 Å². The fraction of sp³-hybridized carbons (Fsp3) is 0.481. The average molecular weight is 569 g/mol. The molecule has 202 valence electrons. The second kappa shape index (κ2) is 13.5. The second-order valence-corrected chi connectivity index (χ2v) is 12.4. The van der Waals surface area contributed by atoms with E-state index in [0.29, 0.717) is 15.7 Å². The van der Waals surface area contributed by atoms with Crippen LogP contribution in [0.1, 0.15) is 57.4 Å². The zero-order chi connectivity index (χ0) is 27.0. The summed E-state index contributed by atoms with van der Waals surface area (Å²) in [5.74, 6) is -0.412. The van der Waals surface area contributed by atoms with E-state index in [1.807, 2.05) is 12.1 Å². The Kier molecular flexibility index (Phi) is 10.7. The Bertz CT molecular complexity index is 1190. The number of halogens is 2. The molecule has 2 aromatic rings. The third kappa shape index (κ3) is 8.90. The lowest BCUT2D eigenvalue weighted by molar-refractivity contribution is -0.141. The zero-order valence-electron chi connectivity index (χ0n) is 21.3. The topological polar surface area (TPSA) is 86.8 Å². The molecule has 0 spiro atoms. The lowest BCUT2D eigenvalue weighted by atomic mass is 9.95. The molecule has 1 saturated carbocycles. The molecular formula is C27H35Cl2N3O4S.